The fraction of sp³-hybridized carbons (Fsp3) is 0.257. The van der Waals surface area contributed by atoms with Gasteiger partial charge in [-0.05, 0) is 55.0 Å². The van der Waals surface area contributed by atoms with Gasteiger partial charge in [0.15, 0.2) is 0 Å². The molecule has 258 valence electrons. The van der Waals surface area contributed by atoms with Gasteiger partial charge in [0.2, 0.25) is 11.7 Å². The molecule has 2 atom stereocenters. The van der Waals surface area contributed by atoms with Crippen LogP contribution in [-0.2, 0) is 21.6 Å². The first-order valence-electron chi connectivity index (χ1n) is 15.3. The van der Waals surface area contributed by atoms with Gasteiger partial charge in [0.1, 0.15) is 52.0 Å². The van der Waals surface area contributed by atoms with Gasteiger partial charge in [-0.1, -0.05) is 35.3 Å². The minimum Gasteiger partial charge on any atom is -0.494 e. The predicted octanol–water partition coefficient (Wildman–Crippen LogP) is 5.91. The number of alkyl halides is 1. The van der Waals surface area contributed by atoms with Crippen molar-refractivity contribution in [3.8, 4) is 22.8 Å². The highest BCUT2D eigenvalue weighted by atomic mass is 35.5. The molecule has 2 aliphatic rings. The summed E-state index contributed by atoms with van der Waals surface area (Å²) in [5.74, 6) is -4.19. The standard InChI is InChI=1S/C35H28Cl2F3N5O5/c1-33(32(41)47)16-50-30-22(33)13-25(43-29(30)21-6-7-23(39)27(37)26(21)36)35(48,19-4-3-5-20(38)12-19)15-42-31(46)17-10-18-14-45(34(40)8-9-34)44-28(18)24(11-17)49-2/h3-7,10-14,48H,8-9,15-16H2,1-2H3,(H2,41,47)(H,42,46)/t33-,35+/m0/s1. The number of pyridine rings is 1. The summed E-state index contributed by atoms with van der Waals surface area (Å²) < 4.78 is 56.4. The van der Waals surface area contributed by atoms with Crippen LogP contribution in [0.2, 0.25) is 10.0 Å². The molecule has 50 heavy (non-hydrogen) atoms. The highest BCUT2D eigenvalue weighted by molar-refractivity contribution is 6.43. The van der Waals surface area contributed by atoms with E-state index in [1.165, 1.54) is 67.4 Å². The Hall–Kier alpha value is -4.85. The smallest absolute Gasteiger partial charge is 0.251 e. The predicted molar refractivity (Wildman–Crippen MR) is 178 cm³/mol. The van der Waals surface area contributed by atoms with Crippen LogP contribution in [0.1, 0.15) is 46.9 Å². The van der Waals surface area contributed by atoms with E-state index in [0.29, 0.717) is 23.7 Å². The van der Waals surface area contributed by atoms with Crippen LogP contribution in [0.5, 0.6) is 11.5 Å². The molecule has 1 saturated carbocycles. The zero-order valence-electron chi connectivity index (χ0n) is 26.5. The number of ether oxygens (including phenoxy) is 2. The van der Waals surface area contributed by atoms with Gasteiger partial charge < -0.3 is 25.6 Å². The molecule has 7 rings (SSSR count). The number of halogens is 5. The summed E-state index contributed by atoms with van der Waals surface area (Å²) in [5.41, 5.74) is 2.75. The number of benzene rings is 3. The lowest BCUT2D eigenvalue weighted by atomic mass is 9.80. The number of hydrogen-bond donors (Lipinski definition) is 3. The molecule has 0 spiro atoms. The number of hydrogen-bond acceptors (Lipinski definition) is 7. The van der Waals surface area contributed by atoms with Crippen LogP contribution in [0.3, 0.4) is 0 Å². The van der Waals surface area contributed by atoms with Crippen LogP contribution < -0.4 is 20.5 Å². The minimum atomic E-state index is -2.26. The van der Waals surface area contributed by atoms with Gasteiger partial charge in [-0.15, -0.1) is 0 Å². The summed E-state index contributed by atoms with van der Waals surface area (Å²) in [5, 5.41) is 19.4. The number of methoxy groups -OCH3 is 1. The van der Waals surface area contributed by atoms with Crippen molar-refractivity contribution < 1.29 is 37.3 Å². The lowest BCUT2D eigenvalue weighted by Gasteiger charge is -2.30. The molecule has 3 heterocycles. The van der Waals surface area contributed by atoms with E-state index in [1.807, 2.05) is 0 Å². The van der Waals surface area contributed by atoms with E-state index in [2.05, 4.69) is 15.4 Å². The molecule has 1 aliphatic carbocycles. The van der Waals surface area contributed by atoms with Gasteiger partial charge in [-0.2, -0.15) is 5.10 Å². The van der Waals surface area contributed by atoms with Crippen LogP contribution >= 0.6 is 23.2 Å². The van der Waals surface area contributed by atoms with Gasteiger partial charge in [0.05, 0.1) is 29.4 Å². The number of carbonyl (C=O) groups is 2. The summed E-state index contributed by atoms with van der Waals surface area (Å²) in [7, 11) is 1.39. The maximum absolute atomic E-state index is 14.8. The number of rotatable bonds is 9. The Morgan fingerprint density at radius 2 is 1.90 bits per heavy atom. The third-order valence-electron chi connectivity index (χ3n) is 9.27. The Bertz CT molecular complexity index is 2250. The number of aliphatic hydroxyl groups is 1. The van der Waals surface area contributed by atoms with Crippen molar-refractivity contribution in [1.29, 1.82) is 0 Å². The molecule has 15 heteroatoms. The van der Waals surface area contributed by atoms with Crippen molar-refractivity contribution >= 4 is 45.9 Å². The minimum absolute atomic E-state index is 0.00823. The van der Waals surface area contributed by atoms with Crippen molar-refractivity contribution in [1.82, 2.24) is 20.1 Å². The van der Waals surface area contributed by atoms with Crippen molar-refractivity contribution in [2.45, 2.75) is 36.6 Å². The lowest BCUT2D eigenvalue weighted by Crippen LogP contribution is -2.43. The van der Waals surface area contributed by atoms with Crippen molar-refractivity contribution in [2.75, 3.05) is 20.3 Å². The lowest BCUT2D eigenvalue weighted by molar-refractivity contribution is -0.123. The molecule has 0 saturated heterocycles. The first kappa shape index (κ1) is 33.6. The normalized spacial score (nSPS) is 18.6. The van der Waals surface area contributed by atoms with Crippen LogP contribution in [0.4, 0.5) is 13.2 Å². The summed E-state index contributed by atoms with van der Waals surface area (Å²) in [6.45, 7) is 0.776. The Balaban J connectivity index is 1.35. The molecule has 1 aliphatic heterocycles. The fourth-order valence-electron chi connectivity index (χ4n) is 6.01. The molecule has 0 unspecified atom stereocenters. The van der Waals surface area contributed by atoms with E-state index < -0.39 is 51.8 Å². The largest absolute Gasteiger partial charge is 0.494 e. The number of nitrogens with one attached hydrogen (secondary N) is 1. The molecular formula is C35H28Cl2F3N5O5. The highest BCUT2D eigenvalue weighted by Gasteiger charge is 2.47. The van der Waals surface area contributed by atoms with Crippen molar-refractivity contribution in [3.63, 3.8) is 0 Å². The number of primary amides is 1. The molecule has 2 amide bonds. The summed E-state index contributed by atoms with van der Waals surface area (Å²) in [6, 6.07) is 11.7. The quantitative estimate of drug-likeness (QED) is 0.161. The van der Waals surface area contributed by atoms with E-state index >= 15 is 0 Å². The van der Waals surface area contributed by atoms with Gasteiger partial charge in [-0.3, -0.25) is 9.59 Å². The second-order valence-corrected chi connectivity index (χ2v) is 13.4. The van der Waals surface area contributed by atoms with E-state index in [9.17, 15) is 27.9 Å². The van der Waals surface area contributed by atoms with Crippen molar-refractivity contribution in [3.05, 3.63) is 105 Å². The van der Waals surface area contributed by atoms with Gasteiger partial charge in [-0.25, -0.2) is 22.8 Å². The first-order valence-corrected chi connectivity index (χ1v) is 16.1. The third-order valence-corrected chi connectivity index (χ3v) is 10.1. The molecule has 0 radical (unpaired) electrons. The molecule has 2 aromatic heterocycles. The Morgan fingerprint density at radius 1 is 1.14 bits per heavy atom. The first-order chi connectivity index (χ1) is 23.7. The average Bonchev–Trinajstić information content (AvgIpc) is 3.53. The van der Waals surface area contributed by atoms with E-state index in [1.54, 1.807) is 0 Å². The van der Waals surface area contributed by atoms with Crippen LogP contribution in [0.25, 0.3) is 22.2 Å². The summed E-state index contributed by atoms with van der Waals surface area (Å²) in [6.07, 6.45) is 2.13. The van der Waals surface area contributed by atoms with Crippen molar-refractivity contribution in [2.24, 2.45) is 5.73 Å². The van der Waals surface area contributed by atoms with Gasteiger partial charge in [0, 0.05) is 41.1 Å². The Morgan fingerprint density at radius 3 is 2.58 bits per heavy atom. The number of aromatic nitrogens is 3. The number of nitrogens with zero attached hydrogens (tertiary/aromatic N) is 3. The van der Waals surface area contributed by atoms with Crippen LogP contribution in [-0.4, -0.2) is 51.9 Å². The monoisotopic (exact) mass is 725 g/mol. The number of fused-ring (bicyclic) bond motifs is 2. The van der Waals surface area contributed by atoms with Crippen LogP contribution in [0, 0.1) is 11.6 Å². The summed E-state index contributed by atoms with van der Waals surface area (Å²) >= 11 is 12.6. The zero-order chi connectivity index (χ0) is 35.7. The summed E-state index contributed by atoms with van der Waals surface area (Å²) in [4.78, 5) is 31.1. The zero-order valence-corrected chi connectivity index (χ0v) is 28.0. The molecule has 3 aromatic carbocycles. The molecule has 1 fully saturated rings. The number of carbonyl (C=O) groups excluding carboxylic acids is 2. The molecule has 4 N–H and O–H groups in total. The van der Waals surface area contributed by atoms with Crippen LogP contribution in [0.15, 0.2) is 60.8 Å². The second-order valence-electron chi connectivity index (χ2n) is 12.6. The highest BCUT2D eigenvalue weighted by Crippen LogP contribution is 2.49. The maximum atomic E-state index is 14.8. The van der Waals surface area contributed by atoms with E-state index in [4.69, 9.17) is 38.4 Å². The SMILES string of the molecule is COc1cc(C(=O)NC[C@@](O)(c2cccc(F)c2)c2cc3c(c(-c4ccc(F)c(Cl)c4Cl)n2)OC[C@]3(C)C(N)=O)cc2cn(C3(F)CC3)nc12. The molecular weight excluding hydrogens is 698 g/mol. The Labute approximate surface area is 292 Å². The van der Waals surface area contributed by atoms with E-state index in [-0.39, 0.29) is 56.8 Å². The van der Waals surface area contributed by atoms with Gasteiger partial charge >= 0.3 is 0 Å². The molecule has 5 aromatic rings. The third kappa shape index (κ3) is 5.40. The maximum Gasteiger partial charge on any atom is 0.251 e. The fourth-order valence-corrected chi connectivity index (χ4v) is 6.42. The number of amides is 2. The molecule has 0 bridgehead atoms. The topological polar surface area (TPSA) is 142 Å². The Kier molecular flexibility index (Phi) is 8.00. The number of nitrogens with two attached hydrogens (primary N) is 1. The molecule has 10 nitrogen and oxygen atoms in total. The van der Waals surface area contributed by atoms with Gasteiger partial charge in [0.25, 0.3) is 5.91 Å². The average molecular weight is 727 g/mol. The van der Waals surface area contributed by atoms with E-state index in [0.717, 1.165) is 12.1 Å². The second kappa shape index (κ2) is 11.9.